The number of fused-ring (bicyclic) bond motifs is 5. The van der Waals surface area contributed by atoms with E-state index >= 15 is 0 Å². The van der Waals surface area contributed by atoms with Crippen molar-refractivity contribution in [1.29, 1.82) is 0 Å². The number of carbonyl (C=O) groups is 2. The number of aryl methyl sites for hydroxylation is 4. The van der Waals surface area contributed by atoms with Gasteiger partial charge in [-0.1, -0.05) is 37.6 Å². The molecule has 5 rings (SSSR count). The van der Waals surface area contributed by atoms with Crippen LogP contribution in [-0.2, 0) is 27.2 Å². The Balaban J connectivity index is 1.54. The van der Waals surface area contributed by atoms with Gasteiger partial charge in [-0.3, -0.25) is 19.7 Å². The maximum Gasteiger partial charge on any atom is 0.269 e. The van der Waals surface area contributed by atoms with E-state index in [0.717, 1.165) is 46.2 Å². The van der Waals surface area contributed by atoms with Crippen LogP contribution in [0.4, 0.5) is 5.69 Å². The fourth-order valence-electron chi connectivity index (χ4n) is 6.60. The van der Waals surface area contributed by atoms with Crippen LogP contribution in [0.5, 0.6) is 0 Å². The van der Waals surface area contributed by atoms with Gasteiger partial charge in [0.05, 0.1) is 29.0 Å². The topological polar surface area (TPSA) is 86.5 Å². The molecule has 2 heterocycles. The van der Waals surface area contributed by atoms with E-state index in [-0.39, 0.29) is 29.3 Å². The third kappa shape index (κ3) is 3.18. The zero-order chi connectivity index (χ0) is 23.6. The highest BCUT2D eigenvalue weighted by Gasteiger charge is 2.66. The van der Waals surface area contributed by atoms with Crippen LogP contribution in [0.25, 0.3) is 0 Å². The first-order chi connectivity index (χ1) is 15.8. The summed E-state index contributed by atoms with van der Waals surface area (Å²) < 4.78 is 6.21. The molecule has 1 aliphatic carbocycles. The van der Waals surface area contributed by atoms with Gasteiger partial charge in [-0.15, -0.1) is 0 Å². The van der Waals surface area contributed by atoms with Crippen molar-refractivity contribution in [1.82, 2.24) is 0 Å². The van der Waals surface area contributed by atoms with Crippen LogP contribution >= 0.6 is 0 Å². The molecule has 1 saturated carbocycles. The third-order valence-electron chi connectivity index (χ3n) is 8.00. The molecule has 6 nitrogen and oxygen atoms in total. The normalized spacial score (nSPS) is 30.2. The Morgan fingerprint density at radius 3 is 2.24 bits per heavy atom. The second kappa shape index (κ2) is 7.87. The molecule has 2 saturated heterocycles. The number of carbonyl (C=O) groups excluding carboxylic acids is 2. The largest absolute Gasteiger partial charge is 0.373 e. The van der Waals surface area contributed by atoms with Crippen LogP contribution in [0.2, 0.25) is 0 Å². The Kier molecular flexibility index (Phi) is 5.24. The number of hydrogen-bond acceptors (Lipinski definition) is 5. The second-order valence-electron chi connectivity index (χ2n) is 9.77. The molecule has 2 bridgehead atoms. The molecule has 2 aliphatic heterocycles. The summed E-state index contributed by atoms with van der Waals surface area (Å²) in [4.78, 5) is 38.5. The average Bonchev–Trinajstić information content (AvgIpc) is 3.45. The van der Waals surface area contributed by atoms with E-state index in [2.05, 4.69) is 32.9 Å². The van der Waals surface area contributed by atoms with Crippen molar-refractivity contribution >= 4 is 17.3 Å². The van der Waals surface area contributed by atoms with Crippen LogP contribution in [-0.4, -0.2) is 28.7 Å². The number of nitrogens with zero attached hydrogens (tertiary/aromatic N) is 1. The summed E-state index contributed by atoms with van der Waals surface area (Å²) in [5.41, 5.74) is 6.08. The van der Waals surface area contributed by atoms with E-state index in [4.69, 9.17) is 4.74 Å². The van der Waals surface area contributed by atoms with Gasteiger partial charge in [0.2, 0.25) is 0 Å². The number of hydrogen-bond donors (Lipinski definition) is 0. The Morgan fingerprint density at radius 2 is 1.64 bits per heavy atom. The lowest BCUT2D eigenvalue weighted by Gasteiger charge is -2.27. The lowest BCUT2D eigenvalue weighted by atomic mass is 9.72. The minimum atomic E-state index is -0.718. The van der Waals surface area contributed by atoms with Crippen molar-refractivity contribution in [3.63, 3.8) is 0 Å². The second-order valence-corrected chi connectivity index (χ2v) is 9.77. The first-order valence-electron chi connectivity index (χ1n) is 11.9. The van der Waals surface area contributed by atoms with E-state index < -0.39 is 28.8 Å². The zero-order valence-corrected chi connectivity index (χ0v) is 19.5. The van der Waals surface area contributed by atoms with Gasteiger partial charge < -0.3 is 4.74 Å². The van der Waals surface area contributed by atoms with Crippen molar-refractivity contribution in [3.05, 3.63) is 73.8 Å². The third-order valence-corrected chi connectivity index (χ3v) is 8.00. The van der Waals surface area contributed by atoms with Gasteiger partial charge in [0.1, 0.15) is 5.92 Å². The fourth-order valence-corrected chi connectivity index (χ4v) is 6.60. The van der Waals surface area contributed by atoms with Crippen LogP contribution < -0.4 is 0 Å². The van der Waals surface area contributed by atoms with Crippen molar-refractivity contribution < 1.29 is 19.2 Å². The number of nitro groups is 1. The maximum absolute atomic E-state index is 13.8. The number of nitro benzene ring substituents is 1. The summed E-state index contributed by atoms with van der Waals surface area (Å²) >= 11 is 0. The zero-order valence-electron chi connectivity index (χ0n) is 19.5. The molecule has 172 valence electrons. The average molecular weight is 448 g/mol. The first-order valence-corrected chi connectivity index (χ1v) is 11.9. The molecule has 0 spiro atoms. The smallest absolute Gasteiger partial charge is 0.269 e. The summed E-state index contributed by atoms with van der Waals surface area (Å²) in [6.07, 6.45) is 1.47. The summed E-state index contributed by atoms with van der Waals surface area (Å²) in [6.45, 7) is 8.11. The molecule has 2 aromatic rings. The molecule has 2 aromatic carbocycles. The quantitative estimate of drug-likeness (QED) is 0.375. The summed E-state index contributed by atoms with van der Waals surface area (Å²) in [5.74, 6) is -1.73. The molecular formula is C27H29NO5. The minimum absolute atomic E-state index is 0.0000303. The highest BCUT2D eigenvalue weighted by Crippen LogP contribution is 2.58. The van der Waals surface area contributed by atoms with Gasteiger partial charge >= 0.3 is 0 Å². The van der Waals surface area contributed by atoms with Crippen molar-refractivity contribution in [2.75, 3.05) is 0 Å². The number of ketones is 2. The van der Waals surface area contributed by atoms with Crippen LogP contribution in [0.1, 0.15) is 65.5 Å². The van der Waals surface area contributed by atoms with Gasteiger partial charge in [-0.2, -0.15) is 0 Å². The lowest BCUT2D eigenvalue weighted by molar-refractivity contribution is -0.385. The number of benzene rings is 2. The highest BCUT2D eigenvalue weighted by atomic mass is 16.6. The molecule has 3 aliphatic rings. The number of rotatable bonds is 5. The Morgan fingerprint density at radius 1 is 1.00 bits per heavy atom. The molecule has 3 fully saturated rings. The van der Waals surface area contributed by atoms with Gasteiger partial charge in [0, 0.05) is 18.1 Å². The Bertz CT molecular complexity index is 1160. The van der Waals surface area contributed by atoms with E-state index in [0.29, 0.717) is 6.42 Å². The van der Waals surface area contributed by atoms with Gasteiger partial charge in [-0.25, -0.2) is 0 Å². The standard InChI is InChI=1S/C27H29NO5/c1-5-15-9-13(3)10-16(6-2)21(15)23-25(29)22-20-12-19(27(33-20)24(22)26(23)30)18-11-17(28(31)32)8-7-14(18)4/h7-11,19-20,22-24,27H,5-6,12H2,1-4H3/t19-,20-,22-,23?,24+,27+/m0/s1. The lowest BCUT2D eigenvalue weighted by Crippen LogP contribution is -2.34. The van der Waals surface area contributed by atoms with Crippen LogP contribution in [0.3, 0.4) is 0 Å². The molecule has 0 N–H and O–H groups in total. The van der Waals surface area contributed by atoms with Crippen LogP contribution in [0, 0.1) is 35.8 Å². The predicted octanol–water partition coefficient (Wildman–Crippen LogP) is 4.76. The molecule has 0 radical (unpaired) electrons. The maximum atomic E-state index is 13.8. The van der Waals surface area contributed by atoms with Crippen molar-refractivity contribution in [3.8, 4) is 0 Å². The fraction of sp³-hybridized carbons (Fsp3) is 0.481. The van der Waals surface area contributed by atoms with E-state index in [9.17, 15) is 19.7 Å². The van der Waals surface area contributed by atoms with Crippen LogP contribution in [0.15, 0.2) is 30.3 Å². The SMILES string of the molecule is CCc1cc(C)cc(CC)c1C1C(=O)[C@@H]2[C@@H]3O[C@@H](C[C@H]3c3cc([N+](=O)[O-])ccc3C)[C@@H]2C1=O. The summed E-state index contributed by atoms with van der Waals surface area (Å²) in [6, 6.07) is 9.08. The molecule has 6 atom stereocenters. The number of Topliss-reactive ketones (excluding diaryl/α,β-unsaturated/α-hetero) is 2. The van der Waals surface area contributed by atoms with E-state index in [1.54, 1.807) is 12.1 Å². The van der Waals surface area contributed by atoms with E-state index in [1.165, 1.54) is 6.07 Å². The molecule has 0 aromatic heterocycles. The predicted molar refractivity (Wildman–Crippen MR) is 124 cm³/mol. The number of ether oxygens (including phenoxy) is 1. The Hall–Kier alpha value is -2.86. The first kappa shape index (κ1) is 22.0. The number of non-ortho nitro benzene ring substituents is 1. The van der Waals surface area contributed by atoms with Gasteiger partial charge in [0.15, 0.2) is 11.6 Å². The van der Waals surface area contributed by atoms with Gasteiger partial charge in [-0.05, 0) is 60.9 Å². The summed E-state index contributed by atoms with van der Waals surface area (Å²) in [5, 5.41) is 11.3. The molecule has 1 unspecified atom stereocenters. The van der Waals surface area contributed by atoms with Crippen molar-refractivity contribution in [2.24, 2.45) is 11.8 Å². The monoisotopic (exact) mass is 447 g/mol. The summed E-state index contributed by atoms with van der Waals surface area (Å²) in [7, 11) is 0. The molecule has 6 heteroatoms. The highest BCUT2D eigenvalue weighted by molar-refractivity contribution is 6.17. The van der Waals surface area contributed by atoms with Gasteiger partial charge in [0.25, 0.3) is 5.69 Å². The molecule has 33 heavy (non-hydrogen) atoms. The minimum Gasteiger partial charge on any atom is -0.373 e. The van der Waals surface area contributed by atoms with E-state index in [1.807, 2.05) is 6.92 Å². The Labute approximate surface area is 193 Å². The van der Waals surface area contributed by atoms with Crippen molar-refractivity contribution in [2.45, 2.75) is 71.0 Å². The molecule has 0 amide bonds. The molecular weight excluding hydrogens is 418 g/mol.